The summed E-state index contributed by atoms with van der Waals surface area (Å²) in [6.45, 7) is 6.38. The largest absolute Gasteiger partial charge is 0.301 e. The van der Waals surface area contributed by atoms with E-state index in [1.54, 1.807) is 30.6 Å². The maximum atomic E-state index is 12.1. The smallest absolute Gasteiger partial charge is 0.257 e. The number of hydrogen-bond donors (Lipinski definition) is 2. The minimum absolute atomic E-state index is 0.0521. The number of carbonyl (C=O) groups is 1. The van der Waals surface area contributed by atoms with Gasteiger partial charge in [0.15, 0.2) is 5.11 Å². The molecular weight excluding hydrogens is 296 g/mol. The standard InChI is InChI=1S/C16H18N4OS/c1-16(2,3)12-7-5-11(6-8-12)13(21)19-15(22)20-14-17-9-4-10-18-14/h4-10H,1-3H3,(H2,17,18,19,20,21,22). The minimum Gasteiger partial charge on any atom is -0.301 e. The van der Waals surface area contributed by atoms with Crippen molar-refractivity contribution in [3.8, 4) is 0 Å². The van der Waals surface area contributed by atoms with Crippen LogP contribution >= 0.6 is 12.2 Å². The van der Waals surface area contributed by atoms with Gasteiger partial charge in [-0.15, -0.1) is 0 Å². The third kappa shape index (κ3) is 4.33. The molecule has 0 radical (unpaired) electrons. The average molecular weight is 314 g/mol. The van der Waals surface area contributed by atoms with Crippen molar-refractivity contribution in [2.24, 2.45) is 0 Å². The minimum atomic E-state index is -0.270. The number of nitrogens with zero attached hydrogens (tertiary/aromatic N) is 2. The van der Waals surface area contributed by atoms with Gasteiger partial charge in [-0.2, -0.15) is 0 Å². The van der Waals surface area contributed by atoms with Gasteiger partial charge in [0.2, 0.25) is 5.95 Å². The van der Waals surface area contributed by atoms with E-state index >= 15 is 0 Å². The summed E-state index contributed by atoms with van der Waals surface area (Å²) in [5.41, 5.74) is 1.77. The number of rotatable bonds is 2. The highest BCUT2D eigenvalue weighted by Crippen LogP contribution is 2.22. The summed E-state index contributed by atoms with van der Waals surface area (Å²) in [7, 11) is 0. The van der Waals surface area contributed by atoms with Gasteiger partial charge in [-0.1, -0.05) is 32.9 Å². The Bertz CT molecular complexity index is 663. The van der Waals surface area contributed by atoms with E-state index in [9.17, 15) is 4.79 Å². The van der Waals surface area contributed by atoms with Crippen molar-refractivity contribution < 1.29 is 4.79 Å². The first-order valence-electron chi connectivity index (χ1n) is 6.86. The lowest BCUT2D eigenvalue weighted by molar-refractivity contribution is 0.0977. The maximum absolute atomic E-state index is 12.1. The molecule has 0 atom stereocenters. The molecule has 0 aliphatic rings. The molecule has 0 unspecified atom stereocenters. The van der Waals surface area contributed by atoms with E-state index in [4.69, 9.17) is 12.2 Å². The van der Waals surface area contributed by atoms with Gasteiger partial charge in [-0.3, -0.25) is 10.1 Å². The summed E-state index contributed by atoms with van der Waals surface area (Å²) in [5, 5.41) is 5.52. The van der Waals surface area contributed by atoms with Crippen molar-refractivity contribution in [1.29, 1.82) is 0 Å². The molecule has 0 fully saturated rings. The molecule has 0 saturated carbocycles. The first kappa shape index (κ1) is 16.0. The monoisotopic (exact) mass is 314 g/mol. The summed E-state index contributed by atoms with van der Waals surface area (Å²) >= 11 is 5.07. The molecular formula is C16H18N4OS. The molecule has 0 aliphatic heterocycles. The Balaban J connectivity index is 1.98. The number of amides is 1. The van der Waals surface area contributed by atoms with Crippen LogP contribution in [-0.2, 0) is 5.41 Å². The van der Waals surface area contributed by atoms with Crippen molar-refractivity contribution in [2.45, 2.75) is 26.2 Å². The number of hydrogen-bond acceptors (Lipinski definition) is 4. The third-order valence-electron chi connectivity index (χ3n) is 3.03. The Morgan fingerprint density at radius 1 is 1.09 bits per heavy atom. The second kappa shape index (κ2) is 6.62. The average Bonchev–Trinajstić information content (AvgIpc) is 2.47. The van der Waals surface area contributed by atoms with Gasteiger partial charge in [-0.05, 0) is 41.4 Å². The molecule has 0 spiro atoms. The Morgan fingerprint density at radius 2 is 1.68 bits per heavy atom. The van der Waals surface area contributed by atoms with Crippen molar-refractivity contribution in [3.05, 3.63) is 53.9 Å². The lowest BCUT2D eigenvalue weighted by Gasteiger charge is -2.19. The van der Waals surface area contributed by atoms with Crippen LogP contribution in [0.1, 0.15) is 36.7 Å². The Labute approximate surface area is 135 Å². The molecule has 0 saturated heterocycles. The zero-order chi connectivity index (χ0) is 16.2. The van der Waals surface area contributed by atoms with E-state index in [1.807, 2.05) is 12.1 Å². The normalized spacial score (nSPS) is 10.9. The molecule has 2 aromatic rings. The second-order valence-electron chi connectivity index (χ2n) is 5.81. The van der Waals surface area contributed by atoms with Gasteiger partial charge >= 0.3 is 0 Å². The van der Waals surface area contributed by atoms with Crippen LogP contribution in [0.4, 0.5) is 5.95 Å². The summed E-state index contributed by atoms with van der Waals surface area (Å²) in [5.74, 6) is 0.0739. The van der Waals surface area contributed by atoms with Crippen LogP contribution in [0.15, 0.2) is 42.7 Å². The third-order valence-corrected chi connectivity index (χ3v) is 3.24. The van der Waals surface area contributed by atoms with Crippen LogP contribution in [-0.4, -0.2) is 21.0 Å². The summed E-state index contributed by atoms with van der Waals surface area (Å²) in [4.78, 5) is 20.1. The first-order chi connectivity index (χ1) is 10.4. The fraction of sp³-hybridized carbons (Fsp3) is 0.250. The van der Waals surface area contributed by atoms with E-state index in [2.05, 4.69) is 41.4 Å². The Hall–Kier alpha value is -2.34. The molecule has 114 valence electrons. The van der Waals surface area contributed by atoms with Gasteiger partial charge < -0.3 is 5.32 Å². The lowest BCUT2D eigenvalue weighted by atomic mass is 9.87. The Kier molecular flexibility index (Phi) is 4.82. The molecule has 2 rings (SSSR count). The van der Waals surface area contributed by atoms with Crippen LogP contribution in [0.2, 0.25) is 0 Å². The highest BCUT2D eigenvalue weighted by molar-refractivity contribution is 7.80. The fourth-order valence-corrected chi connectivity index (χ4v) is 1.98. The Morgan fingerprint density at radius 3 is 2.23 bits per heavy atom. The molecule has 0 bridgehead atoms. The number of anilines is 1. The van der Waals surface area contributed by atoms with Gasteiger partial charge in [0.25, 0.3) is 5.91 Å². The van der Waals surface area contributed by atoms with Crippen molar-refractivity contribution in [1.82, 2.24) is 15.3 Å². The molecule has 0 aliphatic carbocycles. The van der Waals surface area contributed by atoms with E-state index in [0.29, 0.717) is 11.5 Å². The zero-order valence-corrected chi connectivity index (χ0v) is 13.6. The molecule has 6 heteroatoms. The lowest BCUT2D eigenvalue weighted by Crippen LogP contribution is -2.34. The van der Waals surface area contributed by atoms with Crippen LogP contribution in [0.25, 0.3) is 0 Å². The first-order valence-corrected chi connectivity index (χ1v) is 7.27. The van der Waals surface area contributed by atoms with Crippen molar-refractivity contribution in [3.63, 3.8) is 0 Å². The molecule has 2 N–H and O–H groups in total. The van der Waals surface area contributed by atoms with Gasteiger partial charge in [-0.25, -0.2) is 9.97 Å². The summed E-state index contributed by atoms with van der Waals surface area (Å²) < 4.78 is 0. The van der Waals surface area contributed by atoms with E-state index < -0.39 is 0 Å². The fourth-order valence-electron chi connectivity index (χ4n) is 1.79. The van der Waals surface area contributed by atoms with E-state index in [-0.39, 0.29) is 16.4 Å². The van der Waals surface area contributed by atoms with Gasteiger partial charge in [0.05, 0.1) is 0 Å². The van der Waals surface area contributed by atoms with Crippen molar-refractivity contribution in [2.75, 3.05) is 5.32 Å². The highest BCUT2D eigenvalue weighted by Gasteiger charge is 2.14. The molecule has 22 heavy (non-hydrogen) atoms. The number of thiocarbonyl (C=S) groups is 1. The van der Waals surface area contributed by atoms with Crippen LogP contribution in [0, 0.1) is 0 Å². The zero-order valence-electron chi connectivity index (χ0n) is 12.8. The molecule has 1 aromatic carbocycles. The number of carbonyl (C=O) groups excluding carboxylic acids is 1. The SMILES string of the molecule is CC(C)(C)c1ccc(C(=O)NC(=S)Nc2ncccn2)cc1. The summed E-state index contributed by atoms with van der Waals surface area (Å²) in [6, 6.07) is 9.18. The topological polar surface area (TPSA) is 66.9 Å². The van der Waals surface area contributed by atoms with Gasteiger partial charge in [0.1, 0.15) is 0 Å². The van der Waals surface area contributed by atoms with Crippen molar-refractivity contribution >= 4 is 29.2 Å². The number of benzene rings is 1. The van der Waals surface area contributed by atoms with Crippen LogP contribution in [0.3, 0.4) is 0 Å². The predicted molar refractivity (Wildman–Crippen MR) is 90.9 cm³/mol. The van der Waals surface area contributed by atoms with E-state index in [0.717, 1.165) is 0 Å². The van der Waals surface area contributed by atoms with Crippen LogP contribution in [0.5, 0.6) is 0 Å². The van der Waals surface area contributed by atoms with E-state index in [1.165, 1.54) is 5.56 Å². The van der Waals surface area contributed by atoms with Crippen LogP contribution < -0.4 is 10.6 Å². The maximum Gasteiger partial charge on any atom is 0.257 e. The second-order valence-corrected chi connectivity index (χ2v) is 6.22. The molecule has 1 heterocycles. The number of aromatic nitrogens is 2. The predicted octanol–water partition coefficient (Wildman–Crippen LogP) is 2.90. The molecule has 5 nitrogen and oxygen atoms in total. The highest BCUT2D eigenvalue weighted by atomic mass is 32.1. The number of nitrogens with one attached hydrogen (secondary N) is 2. The molecule has 1 aromatic heterocycles. The molecule has 1 amide bonds. The quantitative estimate of drug-likeness (QED) is 0.834. The summed E-state index contributed by atoms with van der Waals surface area (Å²) in [6.07, 6.45) is 3.18. The van der Waals surface area contributed by atoms with Gasteiger partial charge in [0, 0.05) is 18.0 Å².